The van der Waals surface area contributed by atoms with Crippen LogP contribution in [0.25, 0.3) is 11.3 Å². The minimum absolute atomic E-state index is 0.0316. The second-order valence-corrected chi connectivity index (χ2v) is 5.45. The number of fused-ring (bicyclic) bond motifs is 1. The summed E-state index contributed by atoms with van der Waals surface area (Å²) in [5.74, 6) is -0.317. The molecule has 0 unspecified atom stereocenters. The monoisotopic (exact) mass is 320 g/mol. The number of nitrogens with one attached hydrogen (secondary N) is 2. The molecule has 1 aromatic heterocycles. The van der Waals surface area contributed by atoms with Crippen molar-refractivity contribution in [1.82, 2.24) is 15.5 Å². The van der Waals surface area contributed by atoms with Gasteiger partial charge in [0.25, 0.3) is 11.6 Å². The van der Waals surface area contributed by atoms with E-state index in [4.69, 9.17) is 0 Å². The van der Waals surface area contributed by atoms with E-state index in [9.17, 15) is 14.9 Å². The quantitative estimate of drug-likeness (QED) is 0.572. The number of hydrogen-bond donors (Lipinski definition) is 2. The Hall–Kier alpha value is -3.48. The Balaban J connectivity index is 1.91. The molecule has 0 saturated heterocycles. The molecule has 3 aromatic rings. The van der Waals surface area contributed by atoms with E-state index in [1.165, 1.54) is 6.07 Å². The molecule has 1 atom stereocenters. The summed E-state index contributed by atoms with van der Waals surface area (Å²) >= 11 is 0. The molecule has 1 aliphatic heterocycles. The van der Waals surface area contributed by atoms with Gasteiger partial charge in [0.05, 0.1) is 22.2 Å². The number of benzene rings is 2. The first-order valence-corrected chi connectivity index (χ1v) is 7.34. The molecule has 24 heavy (non-hydrogen) atoms. The molecule has 4 rings (SSSR count). The van der Waals surface area contributed by atoms with Gasteiger partial charge in [0.1, 0.15) is 5.69 Å². The number of hydrogen-bond acceptors (Lipinski definition) is 4. The molecule has 118 valence electrons. The lowest BCUT2D eigenvalue weighted by atomic mass is 9.96. The number of amides is 1. The molecule has 7 heteroatoms. The number of nitro benzene ring substituents is 1. The minimum atomic E-state index is -0.608. The van der Waals surface area contributed by atoms with Gasteiger partial charge in [0.2, 0.25) is 0 Å². The highest BCUT2D eigenvalue weighted by atomic mass is 16.6. The summed E-state index contributed by atoms with van der Waals surface area (Å²) in [6.07, 6.45) is 0. The van der Waals surface area contributed by atoms with Crippen LogP contribution in [0.4, 0.5) is 5.69 Å². The number of H-pyrrole nitrogens is 1. The molecule has 0 fully saturated rings. The molecule has 1 aliphatic rings. The molecule has 0 radical (unpaired) electrons. The molecule has 0 aliphatic carbocycles. The number of nitrogens with zero attached hydrogens (tertiary/aromatic N) is 2. The number of carbonyl (C=O) groups is 1. The first kappa shape index (κ1) is 14.1. The van der Waals surface area contributed by atoms with Crippen LogP contribution in [0.1, 0.15) is 27.7 Å². The SMILES string of the molecule is O=C1N[C@H](c2ccccc2[N+](=O)[O-])c2c(-c3ccccc3)n[nH]c21. The molecule has 2 N–H and O–H groups in total. The Morgan fingerprint density at radius 2 is 1.75 bits per heavy atom. The maximum atomic E-state index is 12.2. The molecule has 1 amide bonds. The summed E-state index contributed by atoms with van der Waals surface area (Å²) in [6, 6.07) is 15.2. The van der Waals surface area contributed by atoms with Crippen LogP contribution in [0.2, 0.25) is 0 Å². The van der Waals surface area contributed by atoms with E-state index in [-0.39, 0.29) is 11.6 Å². The van der Waals surface area contributed by atoms with E-state index in [0.29, 0.717) is 22.5 Å². The third kappa shape index (κ3) is 2.06. The van der Waals surface area contributed by atoms with E-state index in [0.717, 1.165) is 5.56 Å². The van der Waals surface area contributed by atoms with Crippen molar-refractivity contribution in [2.75, 3.05) is 0 Å². The summed E-state index contributed by atoms with van der Waals surface area (Å²) < 4.78 is 0. The van der Waals surface area contributed by atoms with Crippen LogP contribution in [0.5, 0.6) is 0 Å². The summed E-state index contributed by atoms with van der Waals surface area (Å²) in [5, 5.41) is 21.1. The molecule has 0 saturated carbocycles. The third-order valence-electron chi connectivity index (χ3n) is 4.09. The predicted molar refractivity (Wildman–Crippen MR) is 86.4 cm³/mol. The van der Waals surface area contributed by atoms with Gasteiger partial charge in [-0.1, -0.05) is 42.5 Å². The Kier molecular flexibility index (Phi) is 3.13. The fraction of sp³-hybridized carbons (Fsp3) is 0.0588. The van der Waals surface area contributed by atoms with Crippen molar-refractivity contribution in [1.29, 1.82) is 0 Å². The van der Waals surface area contributed by atoms with Crippen LogP contribution in [-0.4, -0.2) is 21.0 Å². The molecule has 2 heterocycles. The maximum absolute atomic E-state index is 12.2. The number of rotatable bonds is 3. The van der Waals surface area contributed by atoms with Crippen molar-refractivity contribution in [3.05, 3.63) is 81.5 Å². The Bertz CT molecular complexity index is 949. The Morgan fingerprint density at radius 1 is 1.04 bits per heavy atom. The highest BCUT2D eigenvalue weighted by molar-refractivity contribution is 6.00. The molecule has 0 bridgehead atoms. The standard InChI is InChI=1S/C17H12N4O3/c22-17-16-13(14(19-20-16)10-6-2-1-3-7-10)15(18-17)11-8-4-5-9-12(11)21(23)24/h1-9,15H,(H,18,22)(H,19,20)/t15-/m1/s1. The van der Waals surface area contributed by atoms with Crippen molar-refractivity contribution in [2.45, 2.75) is 6.04 Å². The highest BCUT2D eigenvalue weighted by Crippen LogP contribution is 2.39. The van der Waals surface area contributed by atoms with E-state index >= 15 is 0 Å². The van der Waals surface area contributed by atoms with Gasteiger partial charge in [0.15, 0.2) is 0 Å². The zero-order valence-electron chi connectivity index (χ0n) is 12.4. The second-order valence-electron chi connectivity index (χ2n) is 5.45. The highest BCUT2D eigenvalue weighted by Gasteiger charge is 2.38. The first-order chi connectivity index (χ1) is 11.7. The first-order valence-electron chi connectivity index (χ1n) is 7.34. The Morgan fingerprint density at radius 3 is 2.50 bits per heavy atom. The number of aromatic amines is 1. The average Bonchev–Trinajstić information content (AvgIpc) is 3.17. The van der Waals surface area contributed by atoms with E-state index in [1.807, 2.05) is 30.3 Å². The van der Waals surface area contributed by atoms with Gasteiger partial charge in [-0.2, -0.15) is 5.10 Å². The fourth-order valence-electron chi connectivity index (χ4n) is 3.03. The minimum Gasteiger partial charge on any atom is -0.339 e. The number of carbonyl (C=O) groups excluding carboxylic acids is 1. The third-order valence-corrected chi connectivity index (χ3v) is 4.09. The van der Waals surface area contributed by atoms with Gasteiger partial charge in [-0.05, 0) is 6.07 Å². The number of nitro groups is 1. The Labute approximate surface area is 136 Å². The van der Waals surface area contributed by atoms with Crippen LogP contribution in [0.15, 0.2) is 54.6 Å². The summed E-state index contributed by atoms with van der Waals surface area (Å²) in [7, 11) is 0. The van der Waals surface area contributed by atoms with Gasteiger partial charge in [-0.15, -0.1) is 0 Å². The number of para-hydroxylation sites is 1. The largest absolute Gasteiger partial charge is 0.339 e. The van der Waals surface area contributed by atoms with Gasteiger partial charge >= 0.3 is 0 Å². The van der Waals surface area contributed by atoms with Crippen molar-refractivity contribution >= 4 is 11.6 Å². The van der Waals surface area contributed by atoms with E-state index in [2.05, 4.69) is 15.5 Å². The van der Waals surface area contributed by atoms with Gasteiger partial charge in [-0.25, -0.2) is 0 Å². The van der Waals surface area contributed by atoms with Crippen LogP contribution in [0, 0.1) is 10.1 Å². The van der Waals surface area contributed by atoms with Gasteiger partial charge < -0.3 is 5.32 Å². The van der Waals surface area contributed by atoms with Crippen molar-refractivity contribution in [2.24, 2.45) is 0 Å². The molecular formula is C17H12N4O3. The van der Waals surface area contributed by atoms with Crippen LogP contribution in [0.3, 0.4) is 0 Å². The predicted octanol–water partition coefficient (Wildman–Crippen LogP) is 2.82. The van der Waals surface area contributed by atoms with Gasteiger partial charge in [0, 0.05) is 17.2 Å². The van der Waals surface area contributed by atoms with Crippen molar-refractivity contribution < 1.29 is 9.72 Å². The lowest BCUT2D eigenvalue weighted by Crippen LogP contribution is -2.21. The second kappa shape index (κ2) is 5.31. The van der Waals surface area contributed by atoms with Crippen LogP contribution >= 0.6 is 0 Å². The number of aromatic nitrogens is 2. The van der Waals surface area contributed by atoms with Crippen molar-refractivity contribution in [3.8, 4) is 11.3 Å². The lowest BCUT2D eigenvalue weighted by molar-refractivity contribution is -0.385. The molecule has 0 spiro atoms. The summed E-state index contributed by atoms with van der Waals surface area (Å²) in [5.41, 5.74) is 2.85. The van der Waals surface area contributed by atoms with Gasteiger partial charge in [-0.3, -0.25) is 20.0 Å². The van der Waals surface area contributed by atoms with Crippen LogP contribution in [-0.2, 0) is 0 Å². The fourth-order valence-corrected chi connectivity index (χ4v) is 3.03. The van der Waals surface area contributed by atoms with E-state index in [1.54, 1.807) is 18.2 Å². The molecule has 2 aromatic carbocycles. The topological polar surface area (TPSA) is 101 Å². The summed E-state index contributed by atoms with van der Waals surface area (Å²) in [4.78, 5) is 23.1. The van der Waals surface area contributed by atoms with E-state index < -0.39 is 11.0 Å². The van der Waals surface area contributed by atoms with Crippen molar-refractivity contribution in [3.63, 3.8) is 0 Å². The molecule has 7 nitrogen and oxygen atoms in total. The zero-order chi connectivity index (χ0) is 16.7. The van der Waals surface area contributed by atoms with Crippen LogP contribution < -0.4 is 5.32 Å². The molecular weight excluding hydrogens is 308 g/mol. The average molecular weight is 320 g/mol. The summed E-state index contributed by atoms with van der Waals surface area (Å²) in [6.45, 7) is 0. The smallest absolute Gasteiger partial charge is 0.275 e. The maximum Gasteiger partial charge on any atom is 0.275 e. The zero-order valence-corrected chi connectivity index (χ0v) is 12.4. The normalized spacial score (nSPS) is 15.8. The lowest BCUT2D eigenvalue weighted by Gasteiger charge is -2.13.